The number of anilines is 1. The van der Waals surface area contributed by atoms with Gasteiger partial charge in [0.25, 0.3) is 0 Å². The monoisotopic (exact) mass is 508 g/mol. The summed E-state index contributed by atoms with van der Waals surface area (Å²) >= 11 is 1.59. The number of nitrogens with one attached hydrogen (secondary N) is 1. The SMILES string of the molecule is Cc1nc(-c2ccc(-c3cnc(N4CCN[C@@H](C5CC5)C4)nn3)c(O)c2)cs1.O=C(O)C(F)(F)F. The lowest BCUT2D eigenvalue weighted by molar-refractivity contribution is -0.192. The van der Waals surface area contributed by atoms with Gasteiger partial charge in [-0.25, -0.2) is 14.8 Å². The average Bonchev–Trinajstić information content (AvgIpc) is 3.59. The minimum Gasteiger partial charge on any atom is -0.507 e. The third kappa shape index (κ3) is 6.22. The first kappa shape index (κ1) is 24.8. The van der Waals surface area contributed by atoms with Gasteiger partial charge in [0.2, 0.25) is 5.95 Å². The standard InChI is InChI=1S/C20H22N6OS.C2HF3O2/c1-12-23-18(11-28-12)14-4-5-15(19(27)8-14)16-9-22-20(25-24-16)26-7-6-21-17(10-26)13-2-3-13;3-2(4,5)1(6)7/h4-5,8-9,11,13,17,21,27H,2-3,6-7,10H2,1H3;(H,6,7)/t17-;/m1./s1. The second-order valence-corrected chi connectivity index (χ2v) is 9.34. The van der Waals surface area contributed by atoms with E-state index in [0.717, 1.165) is 41.8 Å². The van der Waals surface area contributed by atoms with Crippen molar-refractivity contribution in [2.24, 2.45) is 5.92 Å². The summed E-state index contributed by atoms with van der Waals surface area (Å²) in [5.41, 5.74) is 2.94. The summed E-state index contributed by atoms with van der Waals surface area (Å²) in [6, 6.07) is 6.03. The first-order chi connectivity index (χ1) is 16.6. The zero-order chi connectivity index (χ0) is 25.2. The molecule has 2 aliphatic rings. The molecule has 1 saturated heterocycles. The highest BCUT2D eigenvalue weighted by Crippen LogP contribution is 2.35. The summed E-state index contributed by atoms with van der Waals surface area (Å²) in [5, 5.41) is 32.9. The van der Waals surface area contributed by atoms with Gasteiger partial charge in [0.15, 0.2) is 0 Å². The zero-order valence-corrected chi connectivity index (χ0v) is 19.5. The van der Waals surface area contributed by atoms with Crippen molar-refractivity contribution in [1.82, 2.24) is 25.5 Å². The van der Waals surface area contributed by atoms with Gasteiger partial charge in [0, 0.05) is 42.2 Å². The van der Waals surface area contributed by atoms with Crippen molar-refractivity contribution in [2.45, 2.75) is 32.0 Å². The van der Waals surface area contributed by atoms with E-state index < -0.39 is 12.1 Å². The second kappa shape index (κ2) is 10.1. The van der Waals surface area contributed by atoms with Crippen molar-refractivity contribution in [2.75, 3.05) is 24.5 Å². The lowest BCUT2D eigenvalue weighted by atomic mass is 10.1. The van der Waals surface area contributed by atoms with Gasteiger partial charge in [-0.2, -0.15) is 13.2 Å². The molecule has 3 aromatic rings. The Balaban J connectivity index is 0.000000364. The van der Waals surface area contributed by atoms with Crippen LogP contribution in [0, 0.1) is 12.8 Å². The van der Waals surface area contributed by atoms with E-state index in [2.05, 4.69) is 30.4 Å². The molecule has 35 heavy (non-hydrogen) atoms. The Hall–Kier alpha value is -3.32. The Kier molecular flexibility index (Phi) is 7.17. The number of carboxylic acid groups (broad SMARTS) is 1. The van der Waals surface area contributed by atoms with Crippen LogP contribution in [0.25, 0.3) is 22.5 Å². The Bertz CT molecular complexity index is 1180. The van der Waals surface area contributed by atoms with Crippen LogP contribution in [0.15, 0.2) is 29.8 Å². The number of aromatic hydroxyl groups is 1. The molecule has 2 fully saturated rings. The molecule has 3 heterocycles. The molecule has 3 N–H and O–H groups in total. The third-order valence-electron chi connectivity index (χ3n) is 5.66. The number of nitrogens with zero attached hydrogens (tertiary/aromatic N) is 5. The number of hydrogen-bond acceptors (Lipinski definition) is 9. The molecule has 0 bridgehead atoms. The molecule has 0 radical (unpaired) electrons. The largest absolute Gasteiger partial charge is 0.507 e. The molecule has 0 amide bonds. The van der Waals surface area contributed by atoms with E-state index in [1.807, 2.05) is 24.4 Å². The molecule has 1 aliphatic carbocycles. The number of rotatable bonds is 4. The van der Waals surface area contributed by atoms with Gasteiger partial charge in [0.05, 0.1) is 16.9 Å². The number of hydrogen-bond donors (Lipinski definition) is 3. The molecule has 1 aliphatic heterocycles. The summed E-state index contributed by atoms with van der Waals surface area (Å²) in [4.78, 5) is 20.1. The number of benzene rings is 1. The van der Waals surface area contributed by atoms with Crippen molar-refractivity contribution in [1.29, 1.82) is 0 Å². The lowest BCUT2D eigenvalue weighted by Gasteiger charge is -2.33. The first-order valence-corrected chi connectivity index (χ1v) is 11.7. The lowest BCUT2D eigenvalue weighted by Crippen LogP contribution is -2.52. The molecule has 186 valence electrons. The number of aromatic nitrogens is 4. The van der Waals surface area contributed by atoms with Gasteiger partial charge in [0.1, 0.15) is 11.4 Å². The number of phenolic OH excluding ortho intramolecular Hbond substituents is 1. The Morgan fingerprint density at radius 1 is 1.23 bits per heavy atom. The summed E-state index contributed by atoms with van der Waals surface area (Å²) in [7, 11) is 0. The third-order valence-corrected chi connectivity index (χ3v) is 6.43. The summed E-state index contributed by atoms with van der Waals surface area (Å²) < 4.78 is 31.7. The van der Waals surface area contributed by atoms with E-state index in [1.54, 1.807) is 23.6 Å². The molecule has 9 nitrogen and oxygen atoms in total. The number of piperazine rings is 1. The van der Waals surface area contributed by atoms with Gasteiger partial charge >= 0.3 is 12.1 Å². The van der Waals surface area contributed by atoms with E-state index in [4.69, 9.17) is 9.90 Å². The second-order valence-electron chi connectivity index (χ2n) is 8.27. The highest BCUT2D eigenvalue weighted by molar-refractivity contribution is 7.09. The molecule has 0 spiro atoms. The number of aliphatic carboxylic acids is 1. The number of alkyl halides is 3. The van der Waals surface area contributed by atoms with Crippen LogP contribution in [0.2, 0.25) is 0 Å². The maximum Gasteiger partial charge on any atom is 0.490 e. The van der Waals surface area contributed by atoms with E-state index in [9.17, 15) is 18.3 Å². The molecule has 1 saturated carbocycles. The van der Waals surface area contributed by atoms with Gasteiger partial charge < -0.3 is 20.4 Å². The number of thiazole rings is 1. The van der Waals surface area contributed by atoms with Crippen LogP contribution < -0.4 is 10.2 Å². The Labute approximate surface area is 202 Å². The fourth-order valence-corrected chi connectivity index (χ4v) is 4.34. The van der Waals surface area contributed by atoms with Crippen molar-refractivity contribution in [3.05, 3.63) is 34.8 Å². The fourth-order valence-electron chi connectivity index (χ4n) is 3.72. The quantitative estimate of drug-likeness (QED) is 0.486. The number of carbonyl (C=O) groups is 1. The molecule has 0 unspecified atom stereocenters. The van der Waals surface area contributed by atoms with Crippen LogP contribution in [0.1, 0.15) is 17.8 Å². The van der Waals surface area contributed by atoms with E-state index in [1.165, 1.54) is 12.8 Å². The number of aryl methyl sites for hydroxylation is 1. The van der Waals surface area contributed by atoms with E-state index in [0.29, 0.717) is 23.2 Å². The van der Waals surface area contributed by atoms with Crippen LogP contribution >= 0.6 is 11.3 Å². The van der Waals surface area contributed by atoms with E-state index in [-0.39, 0.29) is 5.75 Å². The van der Waals surface area contributed by atoms with Crippen LogP contribution in [-0.2, 0) is 4.79 Å². The van der Waals surface area contributed by atoms with Crippen LogP contribution in [0.4, 0.5) is 19.1 Å². The van der Waals surface area contributed by atoms with Crippen molar-refractivity contribution >= 4 is 23.3 Å². The van der Waals surface area contributed by atoms with E-state index >= 15 is 0 Å². The first-order valence-electron chi connectivity index (χ1n) is 10.9. The number of phenols is 1. The molecular formula is C22H23F3N6O3S. The smallest absolute Gasteiger partial charge is 0.490 e. The zero-order valence-electron chi connectivity index (χ0n) is 18.7. The van der Waals surface area contributed by atoms with Crippen molar-refractivity contribution in [3.8, 4) is 28.3 Å². The number of halogens is 3. The normalized spacial score (nSPS) is 18.1. The average molecular weight is 509 g/mol. The minimum absolute atomic E-state index is 0.156. The topological polar surface area (TPSA) is 124 Å². The van der Waals surface area contributed by atoms with Gasteiger partial charge in [-0.15, -0.1) is 21.5 Å². The fraction of sp³-hybridized carbons (Fsp3) is 0.409. The minimum atomic E-state index is -5.08. The predicted molar refractivity (Wildman–Crippen MR) is 123 cm³/mol. The highest BCUT2D eigenvalue weighted by atomic mass is 32.1. The molecule has 13 heteroatoms. The predicted octanol–water partition coefficient (Wildman–Crippen LogP) is 3.50. The summed E-state index contributed by atoms with van der Waals surface area (Å²) in [6.45, 7) is 4.73. The summed E-state index contributed by atoms with van der Waals surface area (Å²) in [6.07, 6.45) is -0.753. The van der Waals surface area contributed by atoms with Crippen LogP contribution in [0.5, 0.6) is 5.75 Å². The number of carboxylic acids is 1. The molecule has 5 rings (SSSR count). The van der Waals surface area contributed by atoms with Gasteiger partial charge in [-0.1, -0.05) is 6.07 Å². The van der Waals surface area contributed by atoms with Gasteiger partial charge in [-0.3, -0.25) is 0 Å². The summed E-state index contributed by atoms with van der Waals surface area (Å²) in [5.74, 6) is -1.15. The highest BCUT2D eigenvalue weighted by Gasteiger charge is 2.38. The maximum absolute atomic E-state index is 10.6. The maximum atomic E-state index is 10.6. The van der Waals surface area contributed by atoms with Crippen molar-refractivity contribution in [3.63, 3.8) is 0 Å². The van der Waals surface area contributed by atoms with Crippen LogP contribution in [-0.4, -0.2) is 68.2 Å². The Morgan fingerprint density at radius 2 is 1.97 bits per heavy atom. The Morgan fingerprint density at radius 3 is 2.51 bits per heavy atom. The van der Waals surface area contributed by atoms with Gasteiger partial charge in [-0.05, 0) is 37.8 Å². The van der Waals surface area contributed by atoms with Crippen LogP contribution in [0.3, 0.4) is 0 Å². The molecular weight excluding hydrogens is 485 g/mol. The molecule has 1 atom stereocenters. The molecule has 1 aromatic carbocycles. The molecule has 2 aromatic heterocycles. The van der Waals surface area contributed by atoms with Crippen molar-refractivity contribution < 1.29 is 28.2 Å².